The zero-order chi connectivity index (χ0) is 20.6. The molecule has 29 heavy (non-hydrogen) atoms. The van der Waals surface area contributed by atoms with Crippen molar-refractivity contribution in [2.45, 2.75) is 6.92 Å². The Morgan fingerprint density at radius 1 is 1.03 bits per heavy atom. The standard InChI is InChI=1S/C22H22N2O5/c1-15-22(23-21(25)14-28-20-7-5-4-6-19(20)27-3)18(24-29-15)13-10-16-8-11-17(26-2)12-9-16/h4-13H,14H2,1-3H3,(H,23,25)/b13-10+. The third kappa shape index (κ3) is 5.16. The lowest BCUT2D eigenvalue weighted by Gasteiger charge is -2.10. The Bertz CT molecular complexity index is 993. The van der Waals surface area contributed by atoms with Crippen molar-refractivity contribution in [2.24, 2.45) is 0 Å². The SMILES string of the molecule is COc1ccc(/C=C/c2noc(C)c2NC(=O)COc2ccccc2OC)cc1. The highest BCUT2D eigenvalue weighted by Crippen LogP contribution is 2.26. The number of aryl methyl sites for hydroxylation is 1. The van der Waals surface area contributed by atoms with Crippen LogP contribution in [0.5, 0.6) is 17.2 Å². The van der Waals surface area contributed by atoms with E-state index >= 15 is 0 Å². The highest BCUT2D eigenvalue weighted by Gasteiger charge is 2.15. The van der Waals surface area contributed by atoms with E-state index in [9.17, 15) is 4.79 Å². The number of carbonyl (C=O) groups is 1. The Balaban J connectivity index is 1.65. The lowest BCUT2D eigenvalue weighted by Crippen LogP contribution is -2.21. The summed E-state index contributed by atoms with van der Waals surface area (Å²) in [5.41, 5.74) is 1.98. The average Bonchev–Trinajstić information content (AvgIpc) is 3.10. The van der Waals surface area contributed by atoms with Gasteiger partial charge in [0.1, 0.15) is 17.1 Å². The molecule has 7 heteroatoms. The predicted octanol–water partition coefficient (Wildman–Crippen LogP) is 4.19. The minimum Gasteiger partial charge on any atom is -0.497 e. The van der Waals surface area contributed by atoms with Gasteiger partial charge in [-0.3, -0.25) is 4.79 Å². The van der Waals surface area contributed by atoms with Gasteiger partial charge in [0, 0.05) is 0 Å². The van der Waals surface area contributed by atoms with E-state index in [4.69, 9.17) is 18.7 Å². The number of hydrogen-bond acceptors (Lipinski definition) is 6. The van der Waals surface area contributed by atoms with Gasteiger partial charge in [0.15, 0.2) is 23.9 Å². The molecule has 0 aliphatic heterocycles. The fourth-order valence-corrected chi connectivity index (χ4v) is 2.60. The van der Waals surface area contributed by atoms with Gasteiger partial charge in [-0.05, 0) is 42.8 Å². The molecule has 0 radical (unpaired) electrons. The Kier molecular flexibility index (Phi) is 6.52. The second-order valence-corrected chi connectivity index (χ2v) is 6.09. The van der Waals surface area contributed by atoms with Gasteiger partial charge >= 0.3 is 0 Å². The number of benzene rings is 2. The monoisotopic (exact) mass is 394 g/mol. The third-order valence-electron chi connectivity index (χ3n) is 4.13. The highest BCUT2D eigenvalue weighted by atomic mass is 16.5. The fourth-order valence-electron chi connectivity index (χ4n) is 2.60. The molecule has 2 aromatic carbocycles. The minimum atomic E-state index is -0.332. The van der Waals surface area contributed by atoms with Gasteiger partial charge < -0.3 is 24.1 Å². The number of methoxy groups -OCH3 is 2. The molecule has 0 spiro atoms. The van der Waals surface area contributed by atoms with Crippen molar-refractivity contribution in [3.63, 3.8) is 0 Å². The normalized spacial score (nSPS) is 10.7. The van der Waals surface area contributed by atoms with Crippen LogP contribution >= 0.6 is 0 Å². The molecule has 1 aromatic heterocycles. The van der Waals surface area contributed by atoms with Crippen LogP contribution in [0.1, 0.15) is 17.0 Å². The van der Waals surface area contributed by atoms with Crippen LogP contribution in [-0.2, 0) is 4.79 Å². The number of carbonyl (C=O) groups excluding carboxylic acids is 1. The molecule has 7 nitrogen and oxygen atoms in total. The number of amides is 1. The molecular formula is C22H22N2O5. The van der Waals surface area contributed by atoms with Crippen molar-refractivity contribution in [1.82, 2.24) is 5.16 Å². The molecule has 0 atom stereocenters. The molecule has 0 aliphatic carbocycles. The number of para-hydroxylation sites is 2. The first-order valence-electron chi connectivity index (χ1n) is 8.94. The molecular weight excluding hydrogens is 372 g/mol. The first-order chi connectivity index (χ1) is 14.1. The van der Waals surface area contributed by atoms with E-state index in [1.54, 1.807) is 39.4 Å². The van der Waals surface area contributed by atoms with E-state index in [1.807, 2.05) is 42.5 Å². The number of hydrogen-bond donors (Lipinski definition) is 1. The zero-order valence-electron chi connectivity index (χ0n) is 16.5. The number of aromatic nitrogens is 1. The molecule has 0 saturated heterocycles. The summed E-state index contributed by atoms with van der Waals surface area (Å²) in [5.74, 6) is 2.00. The molecule has 0 unspecified atom stereocenters. The Hall–Kier alpha value is -3.74. The molecule has 0 saturated carbocycles. The van der Waals surface area contributed by atoms with E-state index in [1.165, 1.54) is 0 Å². The van der Waals surface area contributed by atoms with Crippen LogP contribution in [0.15, 0.2) is 53.1 Å². The minimum absolute atomic E-state index is 0.174. The van der Waals surface area contributed by atoms with Crippen LogP contribution in [-0.4, -0.2) is 31.9 Å². The molecule has 1 amide bonds. The van der Waals surface area contributed by atoms with Crippen LogP contribution in [0.25, 0.3) is 12.2 Å². The van der Waals surface area contributed by atoms with Crippen molar-refractivity contribution in [3.8, 4) is 17.2 Å². The lowest BCUT2D eigenvalue weighted by molar-refractivity contribution is -0.118. The molecule has 150 valence electrons. The van der Waals surface area contributed by atoms with Crippen LogP contribution in [0.4, 0.5) is 5.69 Å². The first-order valence-corrected chi connectivity index (χ1v) is 8.94. The fraction of sp³-hybridized carbons (Fsp3) is 0.182. The summed E-state index contributed by atoms with van der Waals surface area (Å²) in [7, 11) is 3.17. The van der Waals surface area contributed by atoms with Gasteiger partial charge in [-0.1, -0.05) is 35.5 Å². The number of nitrogens with zero attached hydrogens (tertiary/aromatic N) is 1. The molecule has 0 aliphatic rings. The molecule has 0 bridgehead atoms. The second-order valence-electron chi connectivity index (χ2n) is 6.09. The van der Waals surface area contributed by atoms with Gasteiger partial charge in [-0.15, -0.1) is 0 Å². The Morgan fingerprint density at radius 2 is 1.76 bits per heavy atom. The van der Waals surface area contributed by atoms with Crippen LogP contribution < -0.4 is 19.5 Å². The van der Waals surface area contributed by atoms with Crippen LogP contribution in [0.3, 0.4) is 0 Å². The van der Waals surface area contributed by atoms with E-state index < -0.39 is 0 Å². The summed E-state index contributed by atoms with van der Waals surface area (Å²) in [5, 5.41) is 6.79. The summed E-state index contributed by atoms with van der Waals surface area (Å²) < 4.78 is 21.1. The molecule has 3 aromatic rings. The van der Waals surface area contributed by atoms with E-state index in [-0.39, 0.29) is 12.5 Å². The smallest absolute Gasteiger partial charge is 0.262 e. The van der Waals surface area contributed by atoms with E-state index in [2.05, 4.69) is 10.5 Å². The van der Waals surface area contributed by atoms with Crippen LogP contribution in [0.2, 0.25) is 0 Å². The summed E-state index contributed by atoms with van der Waals surface area (Å²) >= 11 is 0. The topological polar surface area (TPSA) is 82.8 Å². The van der Waals surface area contributed by atoms with E-state index in [0.717, 1.165) is 11.3 Å². The number of rotatable bonds is 8. The van der Waals surface area contributed by atoms with Crippen molar-refractivity contribution in [2.75, 3.05) is 26.1 Å². The van der Waals surface area contributed by atoms with Gasteiger partial charge in [-0.2, -0.15) is 0 Å². The second kappa shape index (κ2) is 9.45. The molecule has 0 fully saturated rings. The molecule has 1 N–H and O–H groups in total. The zero-order valence-corrected chi connectivity index (χ0v) is 16.5. The Morgan fingerprint density at radius 3 is 2.45 bits per heavy atom. The number of anilines is 1. The van der Waals surface area contributed by atoms with Gasteiger partial charge in [0.05, 0.1) is 14.2 Å². The highest BCUT2D eigenvalue weighted by molar-refractivity contribution is 5.94. The quantitative estimate of drug-likeness (QED) is 0.617. The van der Waals surface area contributed by atoms with Crippen molar-refractivity contribution >= 4 is 23.7 Å². The molecule has 1 heterocycles. The summed E-state index contributed by atoms with van der Waals surface area (Å²) in [4.78, 5) is 12.3. The maximum Gasteiger partial charge on any atom is 0.262 e. The summed E-state index contributed by atoms with van der Waals surface area (Å²) in [6.45, 7) is 1.56. The maximum atomic E-state index is 12.3. The average molecular weight is 394 g/mol. The third-order valence-corrected chi connectivity index (χ3v) is 4.13. The number of ether oxygens (including phenoxy) is 3. The summed E-state index contributed by atoms with van der Waals surface area (Å²) in [6, 6.07) is 14.7. The Labute approximate surface area is 168 Å². The largest absolute Gasteiger partial charge is 0.497 e. The maximum absolute atomic E-state index is 12.3. The van der Waals surface area contributed by atoms with E-state index in [0.29, 0.717) is 28.6 Å². The van der Waals surface area contributed by atoms with Crippen molar-refractivity contribution < 1.29 is 23.5 Å². The predicted molar refractivity (Wildman–Crippen MR) is 110 cm³/mol. The van der Waals surface area contributed by atoms with Gasteiger partial charge in [0.25, 0.3) is 5.91 Å². The van der Waals surface area contributed by atoms with Crippen LogP contribution in [0, 0.1) is 6.92 Å². The summed E-state index contributed by atoms with van der Waals surface area (Å²) in [6.07, 6.45) is 3.65. The first kappa shape index (κ1) is 20.0. The lowest BCUT2D eigenvalue weighted by atomic mass is 10.2. The van der Waals surface area contributed by atoms with Crippen molar-refractivity contribution in [1.29, 1.82) is 0 Å². The number of nitrogens with one attached hydrogen (secondary N) is 1. The van der Waals surface area contributed by atoms with Crippen molar-refractivity contribution in [3.05, 3.63) is 65.5 Å². The van der Waals surface area contributed by atoms with Gasteiger partial charge in [0.2, 0.25) is 0 Å². The van der Waals surface area contributed by atoms with Gasteiger partial charge in [-0.25, -0.2) is 0 Å². The molecule has 3 rings (SSSR count).